The van der Waals surface area contributed by atoms with E-state index in [1.807, 2.05) is 6.92 Å². The second-order valence-corrected chi connectivity index (χ2v) is 6.16. The summed E-state index contributed by atoms with van der Waals surface area (Å²) >= 11 is 3.40. The molecule has 2 rings (SSSR count). The van der Waals surface area contributed by atoms with Gasteiger partial charge in [0.2, 0.25) is 0 Å². The first-order chi connectivity index (χ1) is 12.0. The van der Waals surface area contributed by atoms with E-state index < -0.39 is 5.97 Å². The fourth-order valence-corrected chi connectivity index (χ4v) is 2.66. The summed E-state index contributed by atoms with van der Waals surface area (Å²) in [6, 6.07) is 9.59. The Morgan fingerprint density at radius 1 is 1.08 bits per heavy atom. The average molecular weight is 407 g/mol. The molecule has 2 aromatic carbocycles. The molecular formula is C19H19BrO5. The summed E-state index contributed by atoms with van der Waals surface area (Å²) < 4.78 is 16.9. The Balaban J connectivity index is 2.21. The van der Waals surface area contributed by atoms with E-state index in [1.54, 1.807) is 36.4 Å². The lowest BCUT2D eigenvalue weighted by Gasteiger charge is -2.13. The van der Waals surface area contributed by atoms with Crippen LogP contribution in [0.4, 0.5) is 0 Å². The molecule has 0 amide bonds. The van der Waals surface area contributed by atoms with Crippen LogP contribution in [0.2, 0.25) is 0 Å². The zero-order valence-corrected chi connectivity index (χ0v) is 15.9. The Labute approximate surface area is 155 Å². The summed E-state index contributed by atoms with van der Waals surface area (Å²) in [5, 5.41) is 0. The average Bonchev–Trinajstić information content (AvgIpc) is 2.60. The molecule has 0 saturated heterocycles. The van der Waals surface area contributed by atoms with Gasteiger partial charge in [-0.3, -0.25) is 4.79 Å². The van der Waals surface area contributed by atoms with Crippen LogP contribution in [0.1, 0.15) is 41.0 Å². The highest BCUT2D eigenvalue weighted by atomic mass is 79.9. The normalized spacial score (nSPS) is 10.2. The van der Waals surface area contributed by atoms with Gasteiger partial charge in [-0.1, -0.05) is 6.92 Å². The van der Waals surface area contributed by atoms with Crippen LogP contribution in [0, 0.1) is 0 Å². The number of esters is 1. The van der Waals surface area contributed by atoms with E-state index in [9.17, 15) is 9.59 Å². The number of rotatable bonds is 7. The quantitative estimate of drug-likeness (QED) is 0.379. The van der Waals surface area contributed by atoms with Gasteiger partial charge in [-0.15, -0.1) is 0 Å². The standard InChI is InChI=1S/C19H19BrO5/c1-4-9-24-18-16(20)10-14(11-17(18)23-3)19(22)25-15-7-5-13(6-8-15)12(2)21/h5-8,10-11H,4,9H2,1-3H3. The van der Waals surface area contributed by atoms with E-state index >= 15 is 0 Å². The number of Topliss-reactive ketones (excluding diaryl/α,β-unsaturated/α-hetero) is 1. The van der Waals surface area contributed by atoms with Gasteiger partial charge in [-0.2, -0.15) is 0 Å². The minimum absolute atomic E-state index is 0.0470. The number of benzene rings is 2. The molecule has 0 unspecified atom stereocenters. The fraction of sp³-hybridized carbons (Fsp3) is 0.263. The maximum Gasteiger partial charge on any atom is 0.343 e. The van der Waals surface area contributed by atoms with Crippen LogP contribution in [0.3, 0.4) is 0 Å². The summed E-state index contributed by atoms with van der Waals surface area (Å²) in [6.45, 7) is 4.03. The largest absolute Gasteiger partial charge is 0.493 e. The third kappa shape index (κ3) is 4.82. The minimum Gasteiger partial charge on any atom is -0.493 e. The summed E-state index contributed by atoms with van der Waals surface area (Å²) in [7, 11) is 1.51. The van der Waals surface area contributed by atoms with Crippen LogP contribution in [0.5, 0.6) is 17.2 Å². The molecule has 0 fully saturated rings. The summed E-state index contributed by atoms with van der Waals surface area (Å²) in [6.07, 6.45) is 0.857. The second-order valence-electron chi connectivity index (χ2n) is 5.31. The molecule has 132 valence electrons. The summed E-state index contributed by atoms with van der Waals surface area (Å²) in [5.74, 6) is 0.774. The Morgan fingerprint density at radius 3 is 2.32 bits per heavy atom. The number of halogens is 1. The molecule has 25 heavy (non-hydrogen) atoms. The number of hydrogen-bond acceptors (Lipinski definition) is 5. The van der Waals surface area contributed by atoms with Gasteiger partial charge >= 0.3 is 5.97 Å². The van der Waals surface area contributed by atoms with Crippen molar-refractivity contribution in [3.05, 3.63) is 52.0 Å². The maximum atomic E-state index is 12.4. The molecule has 5 nitrogen and oxygen atoms in total. The monoisotopic (exact) mass is 406 g/mol. The molecule has 0 saturated carbocycles. The van der Waals surface area contributed by atoms with Gasteiger partial charge in [0, 0.05) is 5.56 Å². The zero-order chi connectivity index (χ0) is 18.4. The van der Waals surface area contributed by atoms with E-state index in [0.29, 0.717) is 39.5 Å². The molecule has 0 aromatic heterocycles. The lowest BCUT2D eigenvalue weighted by Crippen LogP contribution is -2.10. The van der Waals surface area contributed by atoms with Gasteiger partial charge in [-0.25, -0.2) is 4.79 Å². The van der Waals surface area contributed by atoms with Crippen molar-refractivity contribution in [3.8, 4) is 17.2 Å². The number of ketones is 1. The SMILES string of the molecule is CCCOc1c(Br)cc(C(=O)Oc2ccc(C(C)=O)cc2)cc1OC. The van der Waals surface area contributed by atoms with Crippen molar-refractivity contribution >= 4 is 27.7 Å². The van der Waals surface area contributed by atoms with Gasteiger partial charge < -0.3 is 14.2 Å². The molecule has 0 aliphatic heterocycles. The van der Waals surface area contributed by atoms with Crippen LogP contribution < -0.4 is 14.2 Å². The molecule has 6 heteroatoms. The number of hydrogen-bond donors (Lipinski definition) is 0. The highest BCUT2D eigenvalue weighted by Crippen LogP contribution is 2.37. The van der Waals surface area contributed by atoms with Gasteiger partial charge in [0.05, 0.1) is 23.8 Å². The highest BCUT2D eigenvalue weighted by molar-refractivity contribution is 9.10. The Kier molecular flexibility index (Phi) is 6.58. The molecular weight excluding hydrogens is 388 g/mol. The van der Waals surface area contributed by atoms with E-state index in [4.69, 9.17) is 14.2 Å². The predicted molar refractivity (Wildman–Crippen MR) is 97.9 cm³/mol. The number of carbonyl (C=O) groups excluding carboxylic acids is 2. The van der Waals surface area contributed by atoms with Crippen molar-refractivity contribution in [1.82, 2.24) is 0 Å². The fourth-order valence-electron chi connectivity index (χ4n) is 2.11. The molecule has 2 aromatic rings. The smallest absolute Gasteiger partial charge is 0.343 e. The van der Waals surface area contributed by atoms with Crippen molar-refractivity contribution in [2.75, 3.05) is 13.7 Å². The molecule has 0 aliphatic rings. The van der Waals surface area contributed by atoms with E-state index in [2.05, 4.69) is 15.9 Å². The van der Waals surface area contributed by atoms with Gasteiger partial charge in [0.1, 0.15) is 5.75 Å². The first-order valence-electron chi connectivity index (χ1n) is 7.79. The minimum atomic E-state index is -0.531. The van der Waals surface area contributed by atoms with Crippen molar-refractivity contribution in [3.63, 3.8) is 0 Å². The molecule has 0 spiro atoms. The topological polar surface area (TPSA) is 61.8 Å². The van der Waals surface area contributed by atoms with Crippen LogP contribution in [-0.4, -0.2) is 25.5 Å². The van der Waals surface area contributed by atoms with E-state index in [1.165, 1.54) is 14.0 Å². The lowest BCUT2D eigenvalue weighted by molar-refractivity contribution is 0.0734. The number of carbonyl (C=O) groups is 2. The highest BCUT2D eigenvalue weighted by Gasteiger charge is 2.17. The third-order valence-electron chi connectivity index (χ3n) is 3.39. The van der Waals surface area contributed by atoms with Crippen LogP contribution in [-0.2, 0) is 0 Å². The second kappa shape index (κ2) is 8.67. The molecule has 0 bridgehead atoms. The van der Waals surface area contributed by atoms with Crippen molar-refractivity contribution in [2.45, 2.75) is 20.3 Å². The Morgan fingerprint density at radius 2 is 1.76 bits per heavy atom. The number of methoxy groups -OCH3 is 1. The van der Waals surface area contributed by atoms with Gasteiger partial charge in [-0.05, 0) is 65.7 Å². The molecule has 0 N–H and O–H groups in total. The van der Waals surface area contributed by atoms with Crippen LogP contribution in [0.25, 0.3) is 0 Å². The lowest BCUT2D eigenvalue weighted by atomic mass is 10.1. The Bertz CT molecular complexity index is 768. The summed E-state index contributed by atoms with van der Waals surface area (Å²) in [5.41, 5.74) is 0.879. The molecule has 0 atom stereocenters. The van der Waals surface area contributed by atoms with E-state index in [-0.39, 0.29) is 5.78 Å². The Hall–Kier alpha value is -2.34. The third-order valence-corrected chi connectivity index (χ3v) is 3.98. The van der Waals surface area contributed by atoms with Crippen molar-refractivity contribution < 1.29 is 23.8 Å². The summed E-state index contributed by atoms with van der Waals surface area (Å²) in [4.78, 5) is 23.6. The predicted octanol–water partition coefficient (Wildman–Crippen LogP) is 4.67. The van der Waals surface area contributed by atoms with Crippen molar-refractivity contribution in [1.29, 1.82) is 0 Å². The van der Waals surface area contributed by atoms with Gasteiger partial charge in [0.25, 0.3) is 0 Å². The molecule has 0 heterocycles. The zero-order valence-electron chi connectivity index (χ0n) is 14.3. The van der Waals surface area contributed by atoms with Crippen molar-refractivity contribution in [2.24, 2.45) is 0 Å². The number of ether oxygens (including phenoxy) is 3. The maximum absolute atomic E-state index is 12.4. The van der Waals surface area contributed by atoms with E-state index in [0.717, 1.165) is 6.42 Å². The first kappa shape index (κ1) is 19.0. The van der Waals surface area contributed by atoms with Gasteiger partial charge in [0.15, 0.2) is 17.3 Å². The van der Waals surface area contributed by atoms with Crippen LogP contribution in [0.15, 0.2) is 40.9 Å². The first-order valence-corrected chi connectivity index (χ1v) is 8.59. The molecule has 0 aliphatic carbocycles. The molecule has 0 radical (unpaired) electrons. The van der Waals surface area contributed by atoms with Crippen LogP contribution >= 0.6 is 15.9 Å².